The lowest BCUT2D eigenvalue weighted by molar-refractivity contribution is 0.0992. The highest BCUT2D eigenvalue weighted by Crippen LogP contribution is 2.36. The zero-order valence-electron chi connectivity index (χ0n) is 12.0. The maximum absolute atomic E-state index is 12.1. The fourth-order valence-electron chi connectivity index (χ4n) is 2.27. The van der Waals surface area contributed by atoms with Crippen molar-refractivity contribution in [2.45, 2.75) is 6.92 Å². The van der Waals surface area contributed by atoms with E-state index in [0.717, 1.165) is 11.1 Å². The number of hydrogen-bond donors (Lipinski definition) is 3. The van der Waals surface area contributed by atoms with Crippen molar-refractivity contribution in [3.05, 3.63) is 52.5 Å². The van der Waals surface area contributed by atoms with E-state index in [1.54, 1.807) is 6.07 Å². The standard InChI is InChI=1S/C16H12ClN3O3/c1-8-3-2-4-10-13(8)18-16(23)14(10)19-20-15(22)11-7-9(17)5-6-12(11)21/h2-7,18,21,23H,1H3. The number of phenolic OH excluding ortho intramolecular Hbond substituents is 1. The van der Waals surface area contributed by atoms with E-state index < -0.39 is 5.91 Å². The first-order valence-corrected chi connectivity index (χ1v) is 7.10. The van der Waals surface area contributed by atoms with Crippen molar-refractivity contribution in [3.63, 3.8) is 0 Å². The van der Waals surface area contributed by atoms with Crippen molar-refractivity contribution in [2.75, 3.05) is 0 Å². The van der Waals surface area contributed by atoms with Crippen LogP contribution in [0.3, 0.4) is 0 Å². The fraction of sp³-hybridized carbons (Fsp3) is 0.0625. The number of aromatic nitrogens is 1. The summed E-state index contributed by atoms with van der Waals surface area (Å²) in [5, 5.41) is 28.0. The molecular weight excluding hydrogens is 318 g/mol. The number of azo groups is 1. The van der Waals surface area contributed by atoms with Crippen LogP contribution in [0.25, 0.3) is 10.9 Å². The van der Waals surface area contributed by atoms with Gasteiger partial charge in [0.15, 0.2) is 5.69 Å². The molecule has 3 aromatic rings. The van der Waals surface area contributed by atoms with Crippen molar-refractivity contribution in [1.82, 2.24) is 4.98 Å². The molecule has 1 aromatic heterocycles. The number of aryl methyl sites for hydroxylation is 1. The molecule has 23 heavy (non-hydrogen) atoms. The summed E-state index contributed by atoms with van der Waals surface area (Å²) in [5.74, 6) is -1.18. The second-order valence-electron chi connectivity index (χ2n) is 4.99. The Balaban J connectivity index is 2.00. The third-order valence-electron chi connectivity index (χ3n) is 3.43. The average molecular weight is 330 g/mol. The van der Waals surface area contributed by atoms with Crippen LogP contribution in [0, 0.1) is 6.92 Å². The zero-order chi connectivity index (χ0) is 16.6. The molecule has 0 bridgehead atoms. The largest absolute Gasteiger partial charge is 0.507 e. The number of aromatic hydroxyl groups is 2. The lowest BCUT2D eigenvalue weighted by atomic mass is 10.1. The number of phenols is 1. The molecule has 0 aliphatic carbocycles. The number of nitrogens with zero attached hydrogens (tertiary/aromatic N) is 2. The molecular formula is C16H12ClN3O3. The van der Waals surface area contributed by atoms with Crippen LogP contribution in [0.15, 0.2) is 46.6 Å². The number of para-hydroxylation sites is 1. The van der Waals surface area contributed by atoms with Crippen molar-refractivity contribution >= 4 is 34.1 Å². The van der Waals surface area contributed by atoms with Gasteiger partial charge in [-0.25, -0.2) is 0 Å². The molecule has 7 heteroatoms. The van der Waals surface area contributed by atoms with Crippen LogP contribution in [0.1, 0.15) is 15.9 Å². The number of benzene rings is 2. The smallest absolute Gasteiger partial charge is 0.299 e. The van der Waals surface area contributed by atoms with Gasteiger partial charge in [0.2, 0.25) is 5.88 Å². The first-order chi connectivity index (χ1) is 11.0. The van der Waals surface area contributed by atoms with Gasteiger partial charge in [-0.1, -0.05) is 29.8 Å². The number of hydrogen-bond acceptors (Lipinski definition) is 4. The summed E-state index contributed by atoms with van der Waals surface area (Å²) in [7, 11) is 0. The van der Waals surface area contributed by atoms with Gasteiger partial charge in [-0.2, -0.15) is 0 Å². The summed E-state index contributed by atoms with van der Waals surface area (Å²) in [6.45, 7) is 1.88. The topological polar surface area (TPSA) is 98.0 Å². The molecule has 2 aromatic carbocycles. The number of nitrogens with one attached hydrogen (secondary N) is 1. The number of H-pyrrole nitrogens is 1. The van der Waals surface area contributed by atoms with Crippen LogP contribution in [-0.4, -0.2) is 21.1 Å². The second-order valence-corrected chi connectivity index (χ2v) is 5.42. The number of fused-ring (bicyclic) bond motifs is 1. The van der Waals surface area contributed by atoms with Gasteiger partial charge in [0.1, 0.15) is 5.75 Å². The summed E-state index contributed by atoms with van der Waals surface area (Å²) in [6, 6.07) is 9.52. The molecule has 0 aliphatic rings. The molecule has 0 radical (unpaired) electrons. The SMILES string of the molecule is Cc1cccc2c(N=NC(=O)c3cc(Cl)ccc3O)c(O)[nH]c12. The van der Waals surface area contributed by atoms with Gasteiger partial charge in [0.05, 0.1) is 11.1 Å². The van der Waals surface area contributed by atoms with Crippen molar-refractivity contribution in [2.24, 2.45) is 10.2 Å². The van der Waals surface area contributed by atoms with E-state index >= 15 is 0 Å². The molecule has 0 unspecified atom stereocenters. The van der Waals surface area contributed by atoms with E-state index in [1.165, 1.54) is 18.2 Å². The molecule has 0 saturated heterocycles. The van der Waals surface area contributed by atoms with Crippen LogP contribution in [-0.2, 0) is 0 Å². The molecule has 6 nitrogen and oxygen atoms in total. The van der Waals surface area contributed by atoms with E-state index in [4.69, 9.17) is 11.6 Å². The minimum absolute atomic E-state index is 0.0586. The highest BCUT2D eigenvalue weighted by Gasteiger charge is 2.14. The van der Waals surface area contributed by atoms with Gasteiger partial charge in [-0.05, 0) is 30.7 Å². The zero-order valence-corrected chi connectivity index (χ0v) is 12.8. The average Bonchev–Trinajstić information content (AvgIpc) is 2.84. The Morgan fingerprint density at radius 2 is 2.00 bits per heavy atom. The van der Waals surface area contributed by atoms with Gasteiger partial charge in [0, 0.05) is 10.4 Å². The Bertz CT molecular complexity index is 947. The van der Waals surface area contributed by atoms with E-state index in [9.17, 15) is 15.0 Å². The number of amides is 1. The minimum Gasteiger partial charge on any atom is -0.507 e. The van der Waals surface area contributed by atoms with Crippen LogP contribution >= 0.6 is 11.6 Å². The van der Waals surface area contributed by atoms with Gasteiger partial charge < -0.3 is 15.2 Å². The summed E-state index contributed by atoms with van der Waals surface area (Å²) in [4.78, 5) is 14.9. The Morgan fingerprint density at radius 3 is 2.78 bits per heavy atom. The van der Waals surface area contributed by atoms with Crippen LogP contribution in [0.4, 0.5) is 5.69 Å². The van der Waals surface area contributed by atoms with Gasteiger partial charge in [-0.3, -0.25) is 4.79 Å². The molecule has 0 saturated carbocycles. The maximum Gasteiger partial charge on any atom is 0.299 e. The minimum atomic E-state index is -0.758. The van der Waals surface area contributed by atoms with Crippen molar-refractivity contribution < 1.29 is 15.0 Å². The fourth-order valence-corrected chi connectivity index (χ4v) is 2.44. The Hall–Kier alpha value is -2.86. The molecule has 0 spiro atoms. The quantitative estimate of drug-likeness (QED) is 0.605. The van der Waals surface area contributed by atoms with Crippen molar-refractivity contribution in [3.8, 4) is 11.6 Å². The van der Waals surface area contributed by atoms with E-state index in [0.29, 0.717) is 10.4 Å². The Kier molecular flexibility index (Phi) is 3.75. The first-order valence-electron chi connectivity index (χ1n) is 6.72. The highest BCUT2D eigenvalue weighted by atomic mass is 35.5. The lowest BCUT2D eigenvalue weighted by Gasteiger charge is -1.99. The Morgan fingerprint density at radius 1 is 1.22 bits per heavy atom. The molecule has 0 fully saturated rings. The third-order valence-corrected chi connectivity index (χ3v) is 3.66. The van der Waals surface area contributed by atoms with Crippen LogP contribution in [0.5, 0.6) is 11.6 Å². The summed E-state index contributed by atoms with van der Waals surface area (Å²) < 4.78 is 0. The van der Waals surface area contributed by atoms with E-state index in [-0.39, 0.29) is 22.9 Å². The number of halogens is 1. The highest BCUT2D eigenvalue weighted by molar-refractivity contribution is 6.31. The first kappa shape index (κ1) is 15.1. The van der Waals surface area contributed by atoms with Crippen molar-refractivity contribution in [1.29, 1.82) is 0 Å². The van der Waals surface area contributed by atoms with E-state index in [2.05, 4.69) is 15.2 Å². The number of aromatic amines is 1. The van der Waals surface area contributed by atoms with Gasteiger partial charge in [-0.15, -0.1) is 10.2 Å². The predicted molar refractivity (Wildman–Crippen MR) is 86.7 cm³/mol. The van der Waals surface area contributed by atoms with Crippen LogP contribution < -0.4 is 0 Å². The summed E-state index contributed by atoms with van der Waals surface area (Å²) in [6.07, 6.45) is 0. The summed E-state index contributed by atoms with van der Waals surface area (Å²) in [5.41, 5.74) is 1.75. The molecule has 0 atom stereocenters. The normalized spacial score (nSPS) is 11.4. The number of carbonyl (C=O) groups is 1. The van der Waals surface area contributed by atoms with E-state index in [1.807, 2.05) is 19.1 Å². The van der Waals surface area contributed by atoms with Gasteiger partial charge >= 0.3 is 0 Å². The molecule has 116 valence electrons. The molecule has 0 aliphatic heterocycles. The monoisotopic (exact) mass is 329 g/mol. The third kappa shape index (κ3) is 2.76. The number of carbonyl (C=O) groups excluding carboxylic acids is 1. The predicted octanol–water partition coefficient (Wildman–Crippen LogP) is 4.47. The molecule has 3 rings (SSSR count). The van der Waals surface area contributed by atoms with Gasteiger partial charge in [0.25, 0.3) is 5.91 Å². The maximum atomic E-state index is 12.1. The molecule has 1 amide bonds. The van der Waals surface area contributed by atoms with Crippen LogP contribution in [0.2, 0.25) is 5.02 Å². The Labute approximate surface area is 136 Å². The lowest BCUT2D eigenvalue weighted by Crippen LogP contribution is -1.94. The second kappa shape index (κ2) is 5.73. The summed E-state index contributed by atoms with van der Waals surface area (Å²) >= 11 is 5.80. The molecule has 1 heterocycles. The number of rotatable bonds is 2. The molecule has 3 N–H and O–H groups in total.